The van der Waals surface area contributed by atoms with E-state index in [0.717, 1.165) is 11.6 Å². The number of carbonyl (C=O) groups excluding carboxylic acids is 3. The first-order valence-corrected chi connectivity index (χ1v) is 9.77. The van der Waals surface area contributed by atoms with Gasteiger partial charge in [0, 0.05) is 31.7 Å². The van der Waals surface area contributed by atoms with Crippen LogP contribution >= 0.6 is 0 Å². The largest absolute Gasteiger partial charge is 0.465 e. The third-order valence-corrected chi connectivity index (χ3v) is 5.09. The van der Waals surface area contributed by atoms with Crippen LogP contribution in [0.4, 0.5) is 8.78 Å². The van der Waals surface area contributed by atoms with Gasteiger partial charge in [0.05, 0.1) is 25.1 Å². The number of esters is 1. The van der Waals surface area contributed by atoms with Gasteiger partial charge >= 0.3 is 5.97 Å². The van der Waals surface area contributed by atoms with Crippen LogP contribution in [-0.2, 0) is 27.4 Å². The van der Waals surface area contributed by atoms with Gasteiger partial charge in [-0.15, -0.1) is 0 Å². The number of carbonyl (C=O) groups is 3. The van der Waals surface area contributed by atoms with Crippen molar-refractivity contribution < 1.29 is 27.9 Å². The van der Waals surface area contributed by atoms with Crippen LogP contribution in [-0.4, -0.2) is 48.9 Å². The molecular formula is C22H23F2N3O4. The van der Waals surface area contributed by atoms with E-state index in [9.17, 15) is 23.2 Å². The lowest BCUT2D eigenvalue weighted by molar-refractivity contribution is -0.134. The summed E-state index contributed by atoms with van der Waals surface area (Å²) in [5.74, 6) is -3.04. The molecule has 1 saturated heterocycles. The second-order valence-electron chi connectivity index (χ2n) is 7.16. The highest BCUT2D eigenvalue weighted by molar-refractivity contribution is 5.89. The monoisotopic (exact) mass is 431 g/mol. The maximum atomic E-state index is 14.0. The fourth-order valence-corrected chi connectivity index (χ4v) is 3.39. The Morgan fingerprint density at radius 2 is 1.94 bits per heavy atom. The van der Waals surface area contributed by atoms with Gasteiger partial charge in [-0.05, 0) is 23.8 Å². The molecule has 1 atom stereocenters. The summed E-state index contributed by atoms with van der Waals surface area (Å²) in [6, 6.07) is 9.68. The third-order valence-electron chi connectivity index (χ3n) is 5.09. The number of nitrogens with zero attached hydrogens (tertiary/aromatic N) is 1. The zero-order valence-electron chi connectivity index (χ0n) is 17.0. The predicted molar refractivity (Wildman–Crippen MR) is 108 cm³/mol. The van der Waals surface area contributed by atoms with Gasteiger partial charge in [0.25, 0.3) is 0 Å². The van der Waals surface area contributed by atoms with Crippen LogP contribution in [0.15, 0.2) is 42.5 Å². The highest BCUT2D eigenvalue weighted by atomic mass is 19.2. The Balaban J connectivity index is 1.60. The Kier molecular flexibility index (Phi) is 7.30. The minimum atomic E-state index is -0.952. The standard InChI is InChI=1S/C22H23F2N3O4/c1-31-22(30)15-7-5-14(6-8-15)12-26-19(28)11-18-21(29)25-9-10-27(18)13-16-3-2-4-17(23)20(16)24/h2-8,18H,9-13H2,1H3,(H,25,29)(H,26,28). The Hall–Kier alpha value is -3.33. The molecule has 7 nitrogen and oxygen atoms in total. The normalized spacial score (nSPS) is 16.5. The van der Waals surface area contributed by atoms with E-state index in [1.54, 1.807) is 29.2 Å². The van der Waals surface area contributed by atoms with Gasteiger partial charge < -0.3 is 15.4 Å². The summed E-state index contributed by atoms with van der Waals surface area (Å²) in [6.45, 7) is 1.01. The van der Waals surface area contributed by atoms with Crippen molar-refractivity contribution in [1.82, 2.24) is 15.5 Å². The minimum Gasteiger partial charge on any atom is -0.465 e. The van der Waals surface area contributed by atoms with Crippen LogP contribution in [0.1, 0.15) is 27.9 Å². The van der Waals surface area contributed by atoms with Gasteiger partial charge in [0.2, 0.25) is 11.8 Å². The number of methoxy groups -OCH3 is 1. The maximum Gasteiger partial charge on any atom is 0.337 e. The van der Waals surface area contributed by atoms with Crippen LogP contribution in [0.2, 0.25) is 0 Å². The van der Waals surface area contributed by atoms with E-state index in [1.165, 1.54) is 19.2 Å². The molecule has 1 fully saturated rings. The first kappa shape index (κ1) is 22.4. The number of halogens is 2. The van der Waals surface area contributed by atoms with Crippen molar-refractivity contribution in [3.8, 4) is 0 Å². The lowest BCUT2D eigenvalue weighted by atomic mass is 10.1. The zero-order valence-corrected chi connectivity index (χ0v) is 17.0. The highest BCUT2D eigenvalue weighted by Gasteiger charge is 2.32. The van der Waals surface area contributed by atoms with E-state index in [4.69, 9.17) is 0 Å². The molecular weight excluding hydrogens is 408 g/mol. The average Bonchev–Trinajstić information content (AvgIpc) is 2.77. The van der Waals surface area contributed by atoms with Crippen molar-refractivity contribution in [2.45, 2.75) is 25.6 Å². The molecule has 0 bridgehead atoms. The minimum absolute atomic E-state index is 0.0178. The van der Waals surface area contributed by atoms with Crippen molar-refractivity contribution in [2.75, 3.05) is 20.2 Å². The Morgan fingerprint density at radius 1 is 1.19 bits per heavy atom. The van der Waals surface area contributed by atoms with E-state index < -0.39 is 23.6 Å². The Labute approximate surface area is 178 Å². The summed E-state index contributed by atoms with van der Waals surface area (Å²) < 4.78 is 32.2. The summed E-state index contributed by atoms with van der Waals surface area (Å²) in [4.78, 5) is 37.9. The molecule has 31 heavy (non-hydrogen) atoms. The molecule has 1 unspecified atom stereocenters. The van der Waals surface area contributed by atoms with E-state index in [2.05, 4.69) is 15.4 Å². The Morgan fingerprint density at radius 3 is 2.65 bits per heavy atom. The zero-order chi connectivity index (χ0) is 22.4. The number of piperazine rings is 1. The smallest absolute Gasteiger partial charge is 0.337 e. The SMILES string of the molecule is COC(=O)c1ccc(CNC(=O)CC2C(=O)NCCN2Cc2cccc(F)c2F)cc1. The molecule has 0 radical (unpaired) electrons. The summed E-state index contributed by atoms with van der Waals surface area (Å²) >= 11 is 0. The molecule has 2 amide bonds. The van der Waals surface area contributed by atoms with Gasteiger partial charge in [0.15, 0.2) is 11.6 Å². The van der Waals surface area contributed by atoms with Crippen molar-refractivity contribution in [3.63, 3.8) is 0 Å². The second kappa shape index (κ2) is 10.1. The van der Waals surface area contributed by atoms with Gasteiger partial charge in [-0.3, -0.25) is 14.5 Å². The summed E-state index contributed by atoms with van der Waals surface area (Å²) in [5, 5.41) is 5.44. The number of hydrogen-bond donors (Lipinski definition) is 2. The lowest BCUT2D eigenvalue weighted by Crippen LogP contribution is -2.56. The molecule has 1 heterocycles. The molecule has 1 aliphatic rings. The molecule has 0 saturated carbocycles. The van der Waals surface area contributed by atoms with Crippen LogP contribution in [0.5, 0.6) is 0 Å². The first-order valence-electron chi connectivity index (χ1n) is 9.77. The average molecular weight is 431 g/mol. The molecule has 0 aliphatic carbocycles. The van der Waals surface area contributed by atoms with E-state index >= 15 is 0 Å². The van der Waals surface area contributed by atoms with Gasteiger partial charge in [-0.25, -0.2) is 13.6 Å². The number of ether oxygens (including phenoxy) is 1. The van der Waals surface area contributed by atoms with Crippen molar-refractivity contribution in [1.29, 1.82) is 0 Å². The topological polar surface area (TPSA) is 87.7 Å². The van der Waals surface area contributed by atoms with E-state index in [0.29, 0.717) is 18.7 Å². The molecule has 9 heteroatoms. The van der Waals surface area contributed by atoms with Gasteiger partial charge in [-0.2, -0.15) is 0 Å². The van der Waals surface area contributed by atoms with Crippen molar-refractivity contribution in [2.24, 2.45) is 0 Å². The molecule has 3 rings (SSSR count). The quantitative estimate of drug-likeness (QED) is 0.653. The van der Waals surface area contributed by atoms with Crippen LogP contribution in [0.3, 0.4) is 0 Å². The van der Waals surface area contributed by atoms with Crippen LogP contribution in [0.25, 0.3) is 0 Å². The van der Waals surface area contributed by atoms with E-state index in [1.807, 2.05) is 0 Å². The molecule has 2 aromatic carbocycles. The van der Waals surface area contributed by atoms with Crippen molar-refractivity contribution in [3.05, 3.63) is 70.8 Å². The number of hydrogen-bond acceptors (Lipinski definition) is 5. The van der Waals surface area contributed by atoms with Gasteiger partial charge in [-0.1, -0.05) is 24.3 Å². The molecule has 0 spiro atoms. The molecule has 0 aromatic heterocycles. The predicted octanol–water partition coefficient (Wildman–Crippen LogP) is 1.76. The number of amides is 2. The fourth-order valence-electron chi connectivity index (χ4n) is 3.39. The van der Waals surface area contributed by atoms with Crippen molar-refractivity contribution >= 4 is 17.8 Å². The maximum absolute atomic E-state index is 14.0. The number of rotatable bonds is 7. The second-order valence-corrected chi connectivity index (χ2v) is 7.16. The first-order chi connectivity index (χ1) is 14.9. The molecule has 2 N–H and O–H groups in total. The number of nitrogens with one attached hydrogen (secondary N) is 2. The van der Waals surface area contributed by atoms with Gasteiger partial charge in [0.1, 0.15) is 0 Å². The molecule has 2 aromatic rings. The van der Waals surface area contributed by atoms with Crippen LogP contribution in [0, 0.1) is 11.6 Å². The Bertz CT molecular complexity index is 966. The molecule has 164 valence electrons. The lowest BCUT2D eigenvalue weighted by Gasteiger charge is -2.34. The van der Waals surface area contributed by atoms with Crippen LogP contribution < -0.4 is 10.6 Å². The molecule has 1 aliphatic heterocycles. The summed E-state index contributed by atoms with van der Waals surface area (Å²) in [7, 11) is 1.30. The summed E-state index contributed by atoms with van der Waals surface area (Å²) in [6.07, 6.45) is -0.122. The third kappa shape index (κ3) is 5.64. The van der Waals surface area contributed by atoms with E-state index in [-0.39, 0.29) is 36.9 Å². The fraction of sp³-hybridized carbons (Fsp3) is 0.318. The summed E-state index contributed by atoms with van der Waals surface area (Å²) in [5.41, 5.74) is 1.30. The highest BCUT2D eigenvalue weighted by Crippen LogP contribution is 2.18. The number of benzene rings is 2.